The summed E-state index contributed by atoms with van der Waals surface area (Å²) in [6, 6.07) is 21.6. The van der Waals surface area contributed by atoms with Crippen LogP contribution in [-0.4, -0.2) is 25.7 Å². The second-order valence-corrected chi connectivity index (χ2v) is 64.7. The maximum absolute atomic E-state index is 6.36. The van der Waals surface area contributed by atoms with E-state index in [1.807, 2.05) is 6.07 Å². The number of hydrogen-bond acceptors (Lipinski definition) is 1. The zero-order valence-electron chi connectivity index (χ0n) is 17.7. The molecule has 0 bridgehead atoms. The van der Waals surface area contributed by atoms with Crippen LogP contribution in [-0.2, 0) is 4.74 Å². The van der Waals surface area contributed by atoms with Gasteiger partial charge < -0.3 is 4.74 Å². The van der Waals surface area contributed by atoms with Gasteiger partial charge >= 0.3 is 68.0 Å². The summed E-state index contributed by atoms with van der Waals surface area (Å²) in [5.74, 6) is 2.32. The summed E-state index contributed by atoms with van der Waals surface area (Å²) in [5, 5.41) is 0. The quantitative estimate of drug-likeness (QED) is 0.237. The van der Waals surface area contributed by atoms with Crippen LogP contribution < -0.4 is 0 Å². The van der Waals surface area contributed by atoms with Crippen molar-refractivity contribution in [2.24, 2.45) is 5.92 Å². The predicted molar refractivity (Wildman–Crippen MR) is 141 cm³/mol. The van der Waals surface area contributed by atoms with Crippen LogP contribution in [0.3, 0.4) is 0 Å². The van der Waals surface area contributed by atoms with Crippen molar-refractivity contribution in [3.63, 3.8) is 0 Å². The Morgan fingerprint density at radius 2 is 1.23 bits per heavy atom. The third-order valence-electron chi connectivity index (χ3n) is 4.33. The topological polar surface area (TPSA) is 12.2 Å². The van der Waals surface area contributed by atoms with Gasteiger partial charge in [-0.2, -0.15) is 4.58 Å². The molecule has 2 aromatic carbocycles. The van der Waals surface area contributed by atoms with Crippen molar-refractivity contribution in [1.82, 2.24) is 0 Å². The van der Waals surface area contributed by atoms with Crippen LogP contribution in [0.4, 0.5) is 0 Å². The Morgan fingerprint density at radius 1 is 0.774 bits per heavy atom. The molecule has 0 radical (unpaired) electrons. The van der Waals surface area contributed by atoms with Gasteiger partial charge in [0.25, 0.3) is 0 Å². The standard InChI is InChI=1S/C22H26NO.6ClH.Sb/c1-16(2)22-23(17(3)4)20(18-11-7-5-8-12-18)15-21(24-22)19-13-9-6-10-14-19;;;;;;;/h5-17,20H,1-4H3;6*1H;/q+1;;;;;;;+5/p-6. The van der Waals surface area contributed by atoms with Crippen LogP contribution in [0.25, 0.3) is 5.76 Å². The molecule has 0 N–H and O–H groups in total. The zero-order chi connectivity index (χ0) is 23.5. The molecule has 172 valence electrons. The molecular formula is C22H26Cl6NOSb. The number of ether oxygens (including phenoxy) is 1. The third kappa shape index (κ3) is 10.3. The van der Waals surface area contributed by atoms with Crippen molar-refractivity contribution in [2.75, 3.05) is 0 Å². The van der Waals surface area contributed by atoms with Crippen molar-refractivity contribution in [3.8, 4) is 0 Å². The molecule has 0 fully saturated rings. The van der Waals surface area contributed by atoms with E-state index < -0.39 is 9.14 Å². The molecule has 0 saturated carbocycles. The fraction of sp³-hybridized carbons (Fsp3) is 0.318. The first-order valence-electron chi connectivity index (χ1n) is 9.74. The van der Waals surface area contributed by atoms with Gasteiger partial charge in [0.05, 0.1) is 5.92 Å². The molecule has 0 spiro atoms. The average Bonchev–Trinajstić information content (AvgIpc) is 2.65. The first kappa shape index (κ1) is 27.5. The molecule has 0 aromatic heterocycles. The van der Waals surface area contributed by atoms with E-state index in [0.717, 1.165) is 17.2 Å². The first-order valence-corrected chi connectivity index (χ1v) is 29.1. The number of rotatable bonds is 4. The van der Waals surface area contributed by atoms with Gasteiger partial charge in [0.1, 0.15) is 5.76 Å². The average molecular weight is 655 g/mol. The first-order chi connectivity index (χ1) is 14.0. The van der Waals surface area contributed by atoms with E-state index in [2.05, 4.69) is 92.9 Å². The fourth-order valence-electron chi connectivity index (χ4n) is 3.22. The monoisotopic (exact) mass is 651 g/mol. The molecule has 3 rings (SSSR count). The molecule has 2 nitrogen and oxygen atoms in total. The van der Waals surface area contributed by atoms with Gasteiger partial charge in [-0.3, -0.25) is 0 Å². The fourth-order valence-corrected chi connectivity index (χ4v) is 3.22. The number of nitrogens with zero attached hydrogens (tertiary/aromatic N) is 1. The summed E-state index contributed by atoms with van der Waals surface area (Å²) in [7, 11) is 25.0. The van der Waals surface area contributed by atoms with E-state index in [1.54, 1.807) is 0 Å². The van der Waals surface area contributed by atoms with Gasteiger partial charge in [-0.1, -0.05) is 60.7 Å². The number of benzene rings is 2. The molecule has 1 aliphatic heterocycles. The van der Waals surface area contributed by atoms with Gasteiger partial charge in [0, 0.05) is 17.2 Å². The van der Waals surface area contributed by atoms with Crippen molar-refractivity contribution in [3.05, 3.63) is 77.9 Å². The Balaban J connectivity index is 0.000000423. The van der Waals surface area contributed by atoms with Gasteiger partial charge in [0.2, 0.25) is 6.04 Å². The zero-order valence-corrected chi connectivity index (χ0v) is 24.7. The van der Waals surface area contributed by atoms with E-state index >= 15 is 0 Å². The van der Waals surface area contributed by atoms with Crippen LogP contribution in [0.2, 0.25) is 0 Å². The van der Waals surface area contributed by atoms with Gasteiger partial charge in [-0.15, -0.1) is 0 Å². The Labute approximate surface area is 204 Å². The molecule has 0 saturated heterocycles. The minimum absolute atomic E-state index is 0.188. The van der Waals surface area contributed by atoms with Crippen molar-refractivity contribution >= 4 is 73.8 Å². The SMILES string of the molecule is CC(C)C1=[N+](C(C)C)C(c2ccccc2)C=C(c2ccccc2)O1.[Cl][Sb-]([Cl])([Cl])([Cl])([Cl])[Cl]. The second kappa shape index (κ2) is 9.83. The molecule has 1 heterocycles. The molecule has 1 aliphatic rings. The normalized spacial score (nSPS) is 19.1. The molecule has 0 aliphatic carbocycles. The Bertz CT molecular complexity index is 941. The summed E-state index contributed by atoms with van der Waals surface area (Å²) >= 11 is 0. The molecule has 9 heteroatoms. The summed E-state index contributed by atoms with van der Waals surface area (Å²) < 4.78 is 8.76. The molecule has 1 unspecified atom stereocenters. The van der Waals surface area contributed by atoms with Crippen LogP contribution in [0.1, 0.15) is 44.9 Å². The van der Waals surface area contributed by atoms with E-state index in [1.165, 1.54) is 5.56 Å². The van der Waals surface area contributed by atoms with Gasteiger partial charge in [-0.25, -0.2) is 0 Å². The number of halogens is 6. The van der Waals surface area contributed by atoms with Crippen molar-refractivity contribution < 1.29 is 9.31 Å². The summed E-state index contributed by atoms with van der Waals surface area (Å²) in [5.41, 5.74) is 2.42. The number of hydrogen-bond donors (Lipinski definition) is 0. The van der Waals surface area contributed by atoms with E-state index in [9.17, 15) is 0 Å². The summed E-state index contributed by atoms with van der Waals surface area (Å²) in [4.78, 5) is 0. The molecule has 0 amide bonds. The summed E-state index contributed by atoms with van der Waals surface area (Å²) in [6.45, 7) is 8.84. The van der Waals surface area contributed by atoms with Crippen molar-refractivity contribution in [2.45, 2.75) is 39.8 Å². The maximum atomic E-state index is 6.36. The predicted octanol–water partition coefficient (Wildman–Crippen LogP) is 9.03. The second-order valence-electron chi connectivity index (χ2n) is 7.81. The molecule has 2 aromatic rings. The van der Waals surface area contributed by atoms with E-state index in [-0.39, 0.29) is 6.04 Å². The van der Waals surface area contributed by atoms with Crippen LogP contribution in [0.15, 0.2) is 66.7 Å². The molecule has 1 atom stereocenters. The van der Waals surface area contributed by atoms with Gasteiger partial charge in [0.15, 0.2) is 6.04 Å². The van der Waals surface area contributed by atoms with E-state index in [0.29, 0.717) is 12.0 Å². The van der Waals surface area contributed by atoms with Gasteiger partial charge in [-0.05, 0) is 27.7 Å². The Kier molecular flexibility index (Phi) is 8.70. The molecular weight excluding hydrogens is 629 g/mol. The minimum atomic E-state index is -5.42. The Morgan fingerprint density at radius 3 is 1.65 bits per heavy atom. The van der Waals surface area contributed by atoms with Crippen molar-refractivity contribution in [1.29, 1.82) is 0 Å². The van der Waals surface area contributed by atoms with Crippen LogP contribution in [0, 0.1) is 5.92 Å². The summed E-state index contributed by atoms with van der Waals surface area (Å²) in [6.07, 6.45) is 2.25. The van der Waals surface area contributed by atoms with E-state index in [4.69, 9.17) is 57.7 Å². The Hall–Kier alpha value is 0.208. The van der Waals surface area contributed by atoms with Crippen LogP contribution >= 0.6 is 53.0 Å². The molecule has 31 heavy (non-hydrogen) atoms. The van der Waals surface area contributed by atoms with Crippen LogP contribution in [0.5, 0.6) is 0 Å². The third-order valence-corrected chi connectivity index (χ3v) is 4.33.